The summed E-state index contributed by atoms with van der Waals surface area (Å²) in [6.45, 7) is 2.45. The van der Waals surface area contributed by atoms with Crippen LogP contribution >= 0.6 is 13.5 Å². The average molecular weight is 538 g/mol. The highest BCUT2D eigenvalue weighted by Crippen LogP contribution is 2.45. The molecule has 0 amide bonds. The van der Waals surface area contributed by atoms with Gasteiger partial charge in [0.05, 0.1) is 20.1 Å². The summed E-state index contributed by atoms with van der Waals surface area (Å²) in [6.07, 6.45) is 4.40. The molecule has 2 aliphatic rings. The first-order valence-electron chi connectivity index (χ1n) is 13.1. The number of ether oxygens (including phenoxy) is 2. The monoisotopic (exact) mass is 537 g/mol. The number of methoxy groups -OCH3 is 1. The lowest BCUT2D eigenvalue weighted by molar-refractivity contribution is -0.137. The molecule has 0 spiro atoms. The molecule has 3 aromatic carbocycles. The number of piperidine rings is 1. The highest BCUT2D eigenvalue weighted by molar-refractivity contribution is 7.59. The molecule has 0 aromatic heterocycles. The number of aliphatic carboxylic acids is 1. The number of carboxylic acid groups (broad SMARTS) is 1. The quantitative estimate of drug-likeness (QED) is 0.306. The van der Waals surface area contributed by atoms with E-state index in [1.54, 1.807) is 7.11 Å². The van der Waals surface area contributed by atoms with Gasteiger partial charge in [-0.3, -0.25) is 4.79 Å². The molecule has 0 unspecified atom stereocenters. The third-order valence-electron chi connectivity index (χ3n) is 7.67. The molecule has 1 saturated heterocycles. The minimum absolute atomic E-state index is 0. The zero-order chi connectivity index (χ0) is 25.8. The number of hydrogen-bond acceptors (Lipinski definition) is 4. The lowest BCUT2D eigenvalue weighted by Gasteiger charge is -2.35. The number of anilines is 1. The van der Waals surface area contributed by atoms with E-state index in [2.05, 4.69) is 11.0 Å². The van der Waals surface area contributed by atoms with Gasteiger partial charge in [-0.05, 0) is 91.0 Å². The van der Waals surface area contributed by atoms with Crippen molar-refractivity contribution in [2.75, 3.05) is 31.7 Å². The van der Waals surface area contributed by atoms with Gasteiger partial charge in [0.1, 0.15) is 17.3 Å². The van der Waals surface area contributed by atoms with Gasteiger partial charge in [0.25, 0.3) is 0 Å². The molecule has 1 heterocycles. The number of rotatable bonds is 10. The van der Waals surface area contributed by atoms with Gasteiger partial charge in [0, 0.05) is 30.4 Å². The zero-order valence-corrected chi connectivity index (χ0v) is 22.7. The van der Waals surface area contributed by atoms with Crippen molar-refractivity contribution < 1.29 is 23.8 Å². The maximum absolute atomic E-state index is 13.5. The molecule has 2 fully saturated rings. The number of benzene rings is 3. The Labute approximate surface area is 231 Å². The Bertz CT molecular complexity index is 1220. The summed E-state index contributed by atoms with van der Waals surface area (Å²) in [4.78, 5) is 13.7. The van der Waals surface area contributed by atoms with Crippen LogP contribution in [0, 0.1) is 17.7 Å². The van der Waals surface area contributed by atoms with Crippen molar-refractivity contribution in [1.82, 2.24) is 0 Å². The van der Waals surface area contributed by atoms with E-state index in [1.807, 2.05) is 48.5 Å². The van der Waals surface area contributed by atoms with Crippen LogP contribution in [0.3, 0.4) is 0 Å². The maximum atomic E-state index is 13.5. The molecule has 1 aliphatic heterocycles. The summed E-state index contributed by atoms with van der Waals surface area (Å²) in [7, 11) is 1.67. The van der Waals surface area contributed by atoms with E-state index in [1.165, 1.54) is 12.1 Å². The largest absolute Gasteiger partial charge is 0.497 e. The predicted octanol–water partition coefficient (Wildman–Crippen LogP) is 6.88. The van der Waals surface area contributed by atoms with Gasteiger partial charge in [-0.25, -0.2) is 4.39 Å². The topological polar surface area (TPSA) is 59.0 Å². The molecule has 5 rings (SSSR count). The molecule has 3 aromatic rings. The minimum atomic E-state index is -0.742. The molecule has 38 heavy (non-hydrogen) atoms. The summed E-state index contributed by atoms with van der Waals surface area (Å²) in [5, 5.41) is 9.33. The van der Waals surface area contributed by atoms with Crippen LogP contribution < -0.4 is 14.4 Å². The van der Waals surface area contributed by atoms with Crippen molar-refractivity contribution in [1.29, 1.82) is 0 Å². The molecular formula is C31H36FNO4S. The fourth-order valence-corrected chi connectivity index (χ4v) is 5.41. The fraction of sp³-hybridized carbons (Fsp3) is 0.387. The summed E-state index contributed by atoms with van der Waals surface area (Å²) in [5.41, 5.74) is 4.22. The SMILES string of the molecule is COc1ccc(-c2ccc(F)cc2)c(N2CCC(COc3cccc([C@@H](CC(=O)O)C4CC4)c3)CC2)c1.S. The molecule has 7 heteroatoms. The van der Waals surface area contributed by atoms with Crippen LogP contribution in [0.5, 0.6) is 11.5 Å². The molecule has 1 saturated carbocycles. The van der Waals surface area contributed by atoms with E-state index in [0.717, 1.165) is 72.6 Å². The van der Waals surface area contributed by atoms with Crippen LogP contribution in [0.4, 0.5) is 10.1 Å². The second kappa shape index (κ2) is 12.6. The van der Waals surface area contributed by atoms with Crippen molar-refractivity contribution in [3.63, 3.8) is 0 Å². The van der Waals surface area contributed by atoms with Gasteiger partial charge in [0.2, 0.25) is 0 Å². The van der Waals surface area contributed by atoms with Crippen molar-refractivity contribution >= 4 is 25.2 Å². The van der Waals surface area contributed by atoms with Crippen LogP contribution in [0.25, 0.3) is 11.1 Å². The first-order chi connectivity index (χ1) is 18.0. The molecular weight excluding hydrogens is 501 g/mol. The lowest BCUT2D eigenvalue weighted by Crippen LogP contribution is -2.35. The van der Waals surface area contributed by atoms with Crippen molar-refractivity contribution in [2.45, 2.75) is 38.0 Å². The fourth-order valence-electron chi connectivity index (χ4n) is 5.41. The van der Waals surface area contributed by atoms with Crippen LogP contribution in [0.2, 0.25) is 0 Å². The van der Waals surface area contributed by atoms with Gasteiger partial charge in [-0.2, -0.15) is 13.5 Å². The number of halogens is 1. The van der Waals surface area contributed by atoms with E-state index in [0.29, 0.717) is 18.4 Å². The van der Waals surface area contributed by atoms with E-state index >= 15 is 0 Å². The molecule has 1 N–H and O–H groups in total. The first-order valence-corrected chi connectivity index (χ1v) is 13.1. The molecule has 1 atom stereocenters. The molecule has 0 radical (unpaired) electrons. The van der Waals surface area contributed by atoms with Crippen molar-refractivity contribution in [3.8, 4) is 22.6 Å². The van der Waals surface area contributed by atoms with Gasteiger partial charge < -0.3 is 19.5 Å². The molecule has 1 aliphatic carbocycles. The van der Waals surface area contributed by atoms with Crippen molar-refractivity contribution in [3.05, 3.63) is 78.1 Å². The Balaban J connectivity index is 0.00000336. The summed E-state index contributed by atoms with van der Waals surface area (Å²) in [6, 6.07) is 20.7. The Kier molecular flexibility index (Phi) is 9.21. The van der Waals surface area contributed by atoms with Gasteiger partial charge in [0.15, 0.2) is 0 Å². The Hall–Kier alpha value is -3.19. The average Bonchev–Trinajstić information content (AvgIpc) is 3.77. The summed E-state index contributed by atoms with van der Waals surface area (Å²) in [5.74, 6) is 1.64. The highest BCUT2D eigenvalue weighted by atomic mass is 32.1. The van der Waals surface area contributed by atoms with Gasteiger partial charge in [-0.15, -0.1) is 0 Å². The van der Waals surface area contributed by atoms with Crippen molar-refractivity contribution in [2.24, 2.45) is 11.8 Å². The molecule has 202 valence electrons. The van der Waals surface area contributed by atoms with Crippen LogP contribution in [-0.2, 0) is 4.79 Å². The Morgan fingerprint density at radius 1 is 1.00 bits per heavy atom. The number of nitrogens with zero attached hydrogens (tertiary/aromatic N) is 1. The molecule has 0 bridgehead atoms. The van der Waals surface area contributed by atoms with Crippen LogP contribution in [0.15, 0.2) is 66.7 Å². The van der Waals surface area contributed by atoms with E-state index in [-0.39, 0.29) is 31.7 Å². The third kappa shape index (κ3) is 6.81. The Morgan fingerprint density at radius 2 is 1.74 bits per heavy atom. The van der Waals surface area contributed by atoms with Gasteiger partial charge >= 0.3 is 5.97 Å². The van der Waals surface area contributed by atoms with Crippen LogP contribution in [-0.4, -0.2) is 37.9 Å². The maximum Gasteiger partial charge on any atom is 0.303 e. The first kappa shape index (κ1) is 27.8. The standard InChI is InChI=1S/C31H34FNO4.H2S/c1-36-26-11-12-28(22-7-9-25(32)10-8-22)30(18-26)33-15-13-21(14-16-33)20-37-27-4-2-3-24(17-27)29(19-31(34)35)23-5-6-23;/h2-4,7-12,17-18,21,23,29H,5-6,13-16,19-20H2,1H3,(H,34,35);1H2/t29-;/m0./s1. The summed E-state index contributed by atoms with van der Waals surface area (Å²) < 4.78 is 25.2. The van der Waals surface area contributed by atoms with Crippen LogP contribution in [0.1, 0.15) is 43.6 Å². The lowest BCUT2D eigenvalue weighted by atomic mass is 9.91. The smallest absolute Gasteiger partial charge is 0.303 e. The zero-order valence-electron chi connectivity index (χ0n) is 21.7. The third-order valence-corrected chi connectivity index (χ3v) is 7.67. The predicted molar refractivity (Wildman–Crippen MR) is 153 cm³/mol. The van der Waals surface area contributed by atoms with E-state index in [9.17, 15) is 14.3 Å². The molecule has 5 nitrogen and oxygen atoms in total. The number of carboxylic acids is 1. The summed E-state index contributed by atoms with van der Waals surface area (Å²) >= 11 is 0. The minimum Gasteiger partial charge on any atom is -0.497 e. The number of hydrogen-bond donors (Lipinski definition) is 1. The normalized spacial score (nSPS) is 16.4. The number of carbonyl (C=O) groups is 1. The second-order valence-corrected chi connectivity index (χ2v) is 10.2. The van der Waals surface area contributed by atoms with E-state index in [4.69, 9.17) is 9.47 Å². The van der Waals surface area contributed by atoms with E-state index < -0.39 is 5.97 Å². The van der Waals surface area contributed by atoms with Gasteiger partial charge in [-0.1, -0.05) is 24.3 Å². The highest BCUT2D eigenvalue weighted by Gasteiger charge is 2.34. The second-order valence-electron chi connectivity index (χ2n) is 10.2. The Morgan fingerprint density at radius 3 is 2.39 bits per heavy atom.